The molecule has 3 aromatic heterocycles. The molecule has 5 aromatic rings. The summed E-state index contributed by atoms with van der Waals surface area (Å²) in [5.41, 5.74) is 5.77. The Morgan fingerprint density at radius 1 is 1.08 bits per heavy atom. The molecule has 0 atom stereocenters. The Morgan fingerprint density at radius 3 is 2.62 bits per heavy atom. The van der Waals surface area contributed by atoms with Crippen molar-refractivity contribution in [3.05, 3.63) is 104 Å². The molecule has 0 bridgehead atoms. The van der Waals surface area contributed by atoms with Gasteiger partial charge in [0.15, 0.2) is 4.96 Å². The normalized spacial score (nSPS) is 13.2. The molecule has 0 saturated heterocycles. The first-order valence-electron chi connectivity index (χ1n) is 12.1. The summed E-state index contributed by atoms with van der Waals surface area (Å²) in [7, 11) is 0. The van der Waals surface area contributed by atoms with Gasteiger partial charge in [-0.1, -0.05) is 24.3 Å². The number of benzene rings is 2. The molecule has 1 amide bonds. The summed E-state index contributed by atoms with van der Waals surface area (Å²) in [6, 6.07) is 16.0. The maximum Gasteiger partial charge on any atom is 0.268 e. The molecule has 1 aliphatic rings. The molecule has 0 fully saturated rings. The molecule has 7 nitrogen and oxygen atoms in total. The van der Waals surface area contributed by atoms with Gasteiger partial charge in [-0.15, -0.1) is 11.3 Å². The van der Waals surface area contributed by atoms with E-state index in [0.717, 1.165) is 12.1 Å². The number of aryl methyl sites for hydroxylation is 2. The molecule has 0 N–H and O–H groups in total. The van der Waals surface area contributed by atoms with E-state index in [2.05, 4.69) is 22.2 Å². The molecule has 0 radical (unpaired) electrons. The van der Waals surface area contributed by atoms with Gasteiger partial charge in [-0.2, -0.15) is 5.10 Å². The van der Waals surface area contributed by atoms with Crippen LogP contribution in [0, 0.1) is 19.7 Å². The number of carbonyl (C=O) groups excluding carboxylic acids is 1. The van der Waals surface area contributed by atoms with Crippen molar-refractivity contribution in [3.8, 4) is 16.9 Å². The Bertz CT molecular complexity index is 1720. The standard InChI is InChI=1S/C28H24FN5O2S/c1-17-13-24(31-34(17)22-9-7-21(29)8-10-22)26-18(2)30-28-33(27(26)36)23(16-37-28)14-25(35)32-12-11-19-5-3-4-6-20(19)15-32/h3-10,13,16H,11-12,14-15H2,1-2H3. The van der Waals surface area contributed by atoms with E-state index < -0.39 is 0 Å². The Morgan fingerprint density at radius 2 is 1.84 bits per heavy atom. The van der Waals surface area contributed by atoms with Gasteiger partial charge in [0.25, 0.3) is 5.56 Å². The third-order valence-electron chi connectivity index (χ3n) is 6.85. The fourth-order valence-corrected chi connectivity index (χ4v) is 5.87. The van der Waals surface area contributed by atoms with Crippen molar-refractivity contribution in [1.29, 1.82) is 0 Å². The molecule has 4 heterocycles. The fraction of sp³-hybridized carbons (Fsp3) is 0.214. The van der Waals surface area contributed by atoms with E-state index in [0.29, 0.717) is 46.4 Å². The minimum absolute atomic E-state index is 0.0142. The van der Waals surface area contributed by atoms with E-state index in [1.807, 2.05) is 35.4 Å². The average molecular weight is 514 g/mol. The van der Waals surface area contributed by atoms with E-state index >= 15 is 0 Å². The van der Waals surface area contributed by atoms with E-state index in [1.54, 1.807) is 23.7 Å². The lowest BCUT2D eigenvalue weighted by Gasteiger charge is -2.28. The number of carbonyl (C=O) groups is 1. The second-order valence-electron chi connectivity index (χ2n) is 9.29. The van der Waals surface area contributed by atoms with Gasteiger partial charge >= 0.3 is 0 Å². The zero-order valence-electron chi connectivity index (χ0n) is 20.4. The molecule has 0 aliphatic carbocycles. The molecule has 0 spiro atoms. The SMILES string of the molecule is Cc1nc2scc(CC(=O)N3CCc4ccccc4C3)n2c(=O)c1-c1cc(C)n(-c2ccc(F)cc2)n1. The first kappa shape index (κ1) is 23.3. The molecular formula is C28H24FN5O2S. The van der Waals surface area contributed by atoms with Gasteiger partial charge in [-0.05, 0) is 61.7 Å². The Hall–Kier alpha value is -4.11. The first-order chi connectivity index (χ1) is 17.9. The van der Waals surface area contributed by atoms with E-state index in [4.69, 9.17) is 0 Å². The zero-order chi connectivity index (χ0) is 25.7. The Kier molecular flexibility index (Phi) is 5.72. The second kappa shape index (κ2) is 9.08. The van der Waals surface area contributed by atoms with E-state index in [9.17, 15) is 14.0 Å². The average Bonchev–Trinajstić information content (AvgIpc) is 3.47. The number of amides is 1. The van der Waals surface area contributed by atoms with Crippen molar-refractivity contribution in [2.75, 3.05) is 6.54 Å². The molecule has 37 heavy (non-hydrogen) atoms. The van der Waals surface area contributed by atoms with Crippen molar-refractivity contribution < 1.29 is 9.18 Å². The van der Waals surface area contributed by atoms with Crippen LogP contribution in [-0.4, -0.2) is 36.5 Å². The van der Waals surface area contributed by atoms with Crippen molar-refractivity contribution in [3.63, 3.8) is 0 Å². The third-order valence-corrected chi connectivity index (χ3v) is 7.73. The largest absolute Gasteiger partial charge is 0.338 e. The second-order valence-corrected chi connectivity index (χ2v) is 10.1. The van der Waals surface area contributed by atoms with Gasteiger partial charge in [0.05, 0.1) is 23.4 Å². The number of nitrogens with zero attached hydrogens (tertiary/aromatic N) is 5. The predicted molar refractivity (Wildman–Crippen MR) is 141 cm³/mol. The molecule has 2 aromatic carbocycles. The first-order valence-corrected chi connectivity index (χ1v) is 12.9. The predicted octanol–water partition coefficient (Wildman–Crippen LogP) is 4.49. The van der Waals surface area contributed by atoms with Crippen LogP contribution in [0.25, 0.3) is 21.9 Å². The lowest BCUT2D eigenvalue weighted by Crippen LogP contribution is -2.37. The summed E-state index contributed by atoms with van der Waals surface area (Å²) in [5.74, 6) is -0.342. The zero-order valence-corrected chi connectivity index (χ0v) is 21.3. The van der Waals surface area contributed by atoms with Crippen LogP contribution in [0.3, 0.4) is 0 Å². The number of aromatic nitrogens is 4. The van der Waals surface area contributed by atoms with Crippen molar-refractivity contribution in [2.24, 2.45) is 0 Å². The third kappa shape index (κ3) is 4.15. The lowest BCUT2D eigenvalue weighted by atomic mass is 9.99. The summed E-state index contributed by atoms with van der Waals surface area (Å²) < 4.78 is 16.6. The molecule has 6 rings (SSSR count). The quantitative estimate of drug-likeness (QED) is 0.355. The summed E-state index contributed by atoms with van der Waals surface area (Å²) in [6.07, 6.45) is 0.947. The van der Waals surface area contributed by atoms with E-state index in [1.165, 1.54) is 39.0 Å². The van der Waals surface area contributed by atoms with Crippen LogP contribution in [0.4, 0.5) is 4.39 Å². The summed E-state index contributed by atoms with van der Waals surface area (Å²) in [4.78, 5) is 34.1. The van der Waals surface area contributed by atoms with Crippen LogP contribution in [0.5, 0.6) is 0 Å². The van der Waals surface area contributed by atoms with E-state index in [-0.39, 0.29) is 23.7 Å². The summed E-state index contributed by atoms with van der Waals surface area (Å²) >= 11 is 1.35. The number of halogens is 1. The highest BCUT2D eigenvalue weighted by Gasteiger charge is 2.24. The Labute approximate surface area is 216 Å². The number of rotatable bonds is 4. The minimum Gasteiger partial charge on any atom is -0.338 e. The summed E-state index contributed by atoms with van der Waals surface area (Å²) in [6.45, 7) is 4.91. The van der Waals surface area contributed by atoms with Crippen LogP contribution < -0.4 is 5.56 Å². The number of hydrogen-bond acceptors (Lipinski definition) is 5. The van der Waals surface area contributed by atoms with Crippen LogP contribution in [0.15, 0.2) is 64.8 Å². The van der Waals surface area contributed by atoms with Crippen LogP contribution >= 0.6 is 11.3 Å². The van der Waals surface area contributed by atoms with Gasteiger partial charge in [-0.25, -0.2) is 14.1 Å². The van der Waals surface area contributed by atoms with Gasteiger partial charge in [0, 0.05) is 29.9 Å². The van der Waals surface area contributed by atoms with Crippen LogP contribution in [-0.2, 0) is 24.2 Å². The Balaban J connectivity index is 1.34. The summed E-state index contributed by atoms with van der Waals surface area (Å²) in [5, 5.41) is 6.49. The number of fused-ring (bicyclic) bond motifs is 2. The highest BCUT2D eigenvalue weighted by molar-refractivity contribution is 7.15. The van der Waals surface area contributed by atoms with Crippen LogP contribution in [0.2, 0.25) is 0 Å². The highest BCUT2D eigenvalue weighted by Crippen LogP contribution is 2.25. The lowest BCUT2D eigenvalue weighted by molar-refractivity contribution is -0.131. The smallest absolute Gasteiger partial charge is 0.268 e. The molecular weight excluding hydrogens is 489 g/mol. The maximum atomic E-state index is 13.8. The van der Waals surface area contributed by atoms with Crippen molar-refractivity contribution >= 4 is 22.2 Å². The van der Waals surface area contributed by atoms with Gasteiger partial charge in [0.1, 0.15) is 11.5 Å². The van der Waals surface area contributed by atoms with Gasteiger partial charge in [-0.3, -0.25) is 14.0 Å². The molecule has 0 saturated carbocycles. The topological polar surface area (TPSA) is 72.5 Å². The molecule has 0 unspecified atom stereocenters. The molecule has 9 heteroatoms. The van der Waals surface area contributed by atoms with Gasteiger partial charge < -0.3 is 4.90 Å². The minimum atomic E-state index is -0.328. The maximum absolute atomic E-state index is 13.8. The molecule has 1 aliphatic heterocycles. The van der Waals surface area contributed by atoms with Gasteiger partial charge in [0.2, 0.25) is 5.91 Å². The number of hydrogen-bond donors (Lipinski definition) is 0. The monoisotopic (exact) mass is 513 g/mol. The van der Waals surface area contributed by atoms with Crippen molar-refractivity contribution in [2.45, 2.75) is 33.2 Å². The van der Waals surface area contributed by atoms with Crippen molar-refractivity contribution in [1.82, 2.24) is 24.1 Å². The molecule has 186 valence electrons. The van der Waals surface area contributed by atoms with Crippen LogP contribution in [0.1, 0.15) is 28.2 Å². The fourth-order valence-electron chi connectivity index (χ4n) is 4.94. The number of thiazole rings is 1. The highest BCUT2D eigenvalue weighted by atomic mass is 32.1.